The number of carbonyl (C=O) groups is 2. The quantitative estimate of drug-likeness (QED) is 0.807. The number of amides is 1. The normalized spacial score (nSPS) is 24.1. The van der Waals surface area contributed by atoms with Crippen LogP contribution < -0.4 is 10.1 Å². The van der Waals surface area contributed by atoms with E-state index in [0.717, 1.165) is 18.1 Å². The van der Waals surface area contributed by atoms with Gasteiger partial charge in [-0.2, -0.15) is 0 Å². The molecule has 1 N–H and O–H groups in total. The highest BCUT2D eigenvalue weighted by Crippen LogP contribution is 2.54. The summed E-state index contributed by atoms with van der Waals surface area (Å²) in [4.78, 5) is 23.9. The number of ketones is 1. The second-order valence-electron chi connectivity index (χ2n) is 5.71. The highest BCUT2D eigenvalue weighted by Gasteiger charge is 2.50. The van der Waals surface area contributed by atoms with Gasteiger partial charge < -0.3 is 10.1 Å². The lowest BCUT2D eigenvalue weighted by atomic mass is 10.1. The van der Waals surface area contributed by atoms with Crippen molar-refractivity contribution in [3.8, 4) is 5.75 Å². The van der Waals surface area contributed by atoms with Crippen LogP contribution in [-0.4, -0.2) is 25.3 Å². The van der Waals surface area contributed by atoms with E-state index in [1.807, 2.05) is 0 Å². The van der Waals surface area contributed by atoms with E-state index in [9.17, 15) is 9.59 Å². The van der Waals surface area contributed by atoms with E-state index < -0.39 is 0 Å². The van der Waals surface area contributed by atoms with Crippen molar-refractivity contribution in [3.63, 3.8) is 0 Å². The van der Waals surface area contributed by atoms with E-state index in [1.54, 1.807) is 31.4 Å². The first-order chi connectivity index (χ1) is 9.69. The Bertz CT molecular complexity index is 519. The molecule has 0 aromatic heterocycles. The zero-order valence-electron chi connectivity index (χ0n) is 11.6. The van der Waals surface area contributed by atoms with Crippen LogP contribution in [-0.2, 0) is 4.79 Å². The highest BCUT2D eigenvalue weighted by molar-refractivity contribution is 5.99. The van der Waals surface area contributed by atoms with Crippen molar-refractivity contribution in [2.45, 2.75) is 19.3 Å². The van der Waals surface area contributed by atoms with Gasteiger partial charge in [-0.1, -0.05) is 0 Å². The Labute approximate surface area is 118 Å². The molecule has 0 radical (unpaired) electrons. The number of ether oxygens (including phenoxy) is 1. The predicted octanol–water partition coefficient (Wildman–Crippen LogP) is 2.04. The van der Waals surface area contributed by atoms with Gasteiger partial charge in [0.05, 0.1) is 13.7 Å². The molecule has 106 valence electrons. The van der Waals surface area contributed by atoms with Crippen molar-refractivity contribution >= 4 is 11.7 Å². The third-order valence-corrected chi connectivity index (χ3v) is 4.24. The standard InChI is InChI=1S/C16H19NO3/c1-20-12-6-4-11(5-7-12)15(18)9-17-16(19)14-8-13(14)10-2-3-10/h4-7,10,13-14H,2-3,8-9H2,1H3,(H,17,19)/t13-,14-/m0/s1. The number of hydrogen-bond acceptors (Lipinski definition) is 3. The van der Waals surface area contributed by atoms with Gasteiger partial charge in [-0.15, -0.1) is 0 Å². The lowest BCUT2D eigenvalue weighted by Gasteiger charge is -2.05. The summed E-state index contributed by atoms with van der Waals surface area (Å²) in [5.74, 6) is 2.23. The number of rotatable bonds is 6. The Morgan fingerprint density at radius 2 is 1.95 bits per heavy atom. The van der Waals surface area contributed by atoms with Crippen molar-refractivity contribution in [3.05, 3.63) is 29.8 Å². The smallest absolute Gasteiger partial charge is 0.223 e. The van der Waals surface area contributed by atoms with Gasteiger partial charge in [0.25, 0.3) is 0 Å². The summed E-state index contributed by atoms with van der Waals surface area (Å²) in [6, 6.07) is 6.94. The van der Waals surface area contributed by atoms with E-state index in [2.05, 4.69) is 5.32 Å². The topological polar surface area (TPSA) is 55.4 Å². The maximum Gasteiger partial charge on any atom is 0.223 e. The van der Waals surface area contributed by atoms with Crippen LogP contribution >= 0.6 is 0 Å². The number of benzene rings is 1. The van der Waals surface area contributed by atoms with Crippen molar-refractivity contribution in [2.24, 2.45) is 17.8 Å². The molecule has 2 atom stereocenters. The molecule has 0 spiro atoms. The second-order valence-corrected chi connectivity index (χ2v) is 5.71. The molecule has 20 heavy (non-hydrogen) atoms. The fourth-order valence-corrected chi connectivity index (χ4v) is 2.74. The van der Waals surface area contributed by atoms with Gasteiger partial charge in [-0.25, -0.2) is 0 Å². The third kappa shape index (κ3) is 2.84. The van der Waals surface area contributed by atoms with Crippen LogP contribution in [0.25, 0.3) is 0 Å². The molecular weight excluding hydrogens is 254 g/mol. The first-order valence-electron chi connectivity index (χ1n) is 7.14. The lowest BCUT2D eigenvalue weighted by molar-refractivity contribution is -0.122. The summed E-state index contributed by atoms with van der Waals surface area (Å²) in [7, 11) is 1.59. The SMILES string of the molecule is COc1ccc(C(=O)CNC(=O)[C@H]2C[C@H]2C2CC2)cc1. The molecule has 0 unspecified atom stereocenters. The van der Waals surface area contributed by atoms with Crippen LogP contribution in [0.3, 0.4) is 0 Å². The number of methoxy groups -OCH3 is 1. The van der Waals surface area contributed by atoms with Crippen LogP contribution in [0.5, 0.6) is 5.75 Å². The minimum atomic E-state index is -0.0652. The van der Waals surface area contributed by atoms with Crippen molar-refractivity contribution in [2.75, 3.05) is 13.7 Å². The monoisotopic (exact) mass is 273 g/mol. The van der Waals surface area contributed by atoms with E-state index in [0.29, 0.717) is 11.5 Å². The van der Waals surface area contributed by atoms with Gasteiger partial charge in [0.2, 0.25) is 5.91 Å². The van der Waals surface area contributed by atoms with Gasteiger partial charge in [0, 0.05) is 11.5 Å². The van der Waals surface area contributed by atoms with Crippen LogP contribution in [0.1, 0.15) is 29.6 Å². The molecule has 1 aromatic carbocycles. The van der Waals surface area contributed by atoms with Crippen molar-refractivity contribution in [1.29, 1.82) is 0 Å². The first kappa shape index (κ1) is 13.2. The van der Waals surface area contributed by atoms with Crippen molar-refractivity contribution in [1.82, 2.24) is 5.32 Å². The largest absolute Gasteiger partial charge is 0.497 e. The summed E-state index contributed by atoms with van der Waals surface area (Å²) in [6.07, 6.45) is 3.56. The van der Waals surface area contributed by atoms with E-state index in [-0.39, 0.29) is 24.2 Å². The minimum absolute atomic E-state index is 0.0451. The number of nitrogens with one attached hydrogen (secondary N) is 1. The van der Waals surface area contributed by atoms with Gasteiger partial charge in [0.15, 0.2) is 5.78 Å². The van der Waals surface area contributed by atoms with Gasteiger partial charge in [0.1, 0.15) is 5.75 Å². The summed E-state index contributed by atoms with van der Waals surface area (Å²) >= 11 is 0. The molecule has 1 aromatic rings. The van der Waals surface area contributed by atoms with E-state index in [1.165, 1.54) is 12.8 Å². The van der Waals surface area contributed by atoms with Crippen LogP contribution in [0.2, 0.25) is 0 Å². The molecule has 2 fully saturated rings. The number of carbonyl (C=O) groups excluding carboxylic acids is 2. The maximum atomic E-state index is 12.0. The summed E-state index contributed by atoms with van der Waals surface area (Å²) in [6.45, 7) is 0.0824. The molecule has 0 bridgehead atoms. The highest BCUT2D eigenvalue weighted by atomic mass is 16.5. The van der Waals surface area contributed by atoms with Crippen LogP contribution in [0.15, 0.2) is 24.3 Å². The second kappa shape index (κ2) is 5.27. The molecular formula is C16H19NO3. The molecule has 4 heteroatoms. The van der Waals surface area contributed by atoms with Gasteiger partial charge in [-0.3, -0.25) is 9.59 Å². The number of hydrogen-bond donors (Lipinski definition) is 1. The lowest BCUT2D eigenvalue weighted by Crippen LogP contribution is -2.31. The Balaban J connectivity index is 1.47. The molecule has 4 nitrogen and oxygen atoms in total. The fraction of sp³-hybridized carbons (Fsp3) is 0.500. The minimum Gasteiger partial charge on any atom is -0.497 e. The fourth-order valence-electron chi connectivity index (χ4n) is 2.74. The Kier molecular flexibility index (Phi) is 3.47. The van der Waals surface area contributed by atoms with Crippen LogP contribution in [0.4, 0.5) is 0 Å². The average molecular weight is 273 g/mol. The Morgan fingerprint density at radius 3 is 2.55 bits per heavy atom. The molecule has 3 rings (SSSR count). The van der Waals surface area contributed by atoms with Gasteiger partial charge in [-0.05, 0) is 55.4 Å². The molecule has 2 aliphatic rings. The maximum absolute atomic E-state index is 12.0. The van der Waals surface area contributed by atoms with Gasteiger partial charge >= 0.3 is 0 Å². The summed E-state index contributed by atoms with van der Waals surface area (Å²) < 4.78 is 5.05. The zero-order valence-corrected chi connectivity index (χ0v) is 11.6. The zero-order chi connectivity index (χ0) is 14.1. The van der Waals surface area contributed by atoms with Crippen molar-refractivity contribution < 1.29 is 14.3 Å². The summed E-state index contributed by atoms with van der Waals surface area (Å²) in [5.41, 5.74) is 0.598. The van der Waals surface area contributed by atoms with E-state index >= 15 is 0 Å². The Hall–Kier alpha value is -1.84. The summed E-state index contributed by atoms with van der Waals surface area (Å²) in [5, 5.41) is 2.76. The average Bonchev–Trinajstić information content (AvgIpc) is 3.35. The first-order valence-corrected chi connectivity index (χ1v) is 7.14. The van der Waals surface area contributed by atoms with E-state index in [4.69, 9.17) is 4.74 Å². The molecule has 0 saturated heterocycles. The molecule has 1 amide bonds. The third-order valence-electron chi connectivity index (χ3n) is 4.24. The molecule has 0 heterocycles. The Morgan fingerprint density at radius 1 is 1.25 bits per heavy atom. The molecule has 0 aliphatic heterocycles. The van der Waals surface area contributed by atoms with Crippen LogP contribution in [0, 0.1) is 17.8 Å². The predicted molar refractivity (Wildman–Crippen MR) is 74.7 cm³/mol. The number of Topliss-reactive ketones (excluding diaryl/α,β-unsaturated/α-hetero) is 1. The molecule has 2 aliphatic carbocycles. The molecule has 2 saturated carbocycles.